The van der Waals surface area contributed by atoms with Gasteiger partial charge in [-0.1, -0.05) is 0 Å². The first-order valence-electron chi connectivity index (χ1n) is 7.35. The second kappa shape index (κ2) is 5.74. The quantitative estimate of drug-likeness (QED) is 0.897. The lowest BCUT2D eigenvalue weighted by molar-refractivity contribution is 0.122. The molecule has 104 valence electrons. The number of rotatable bonds is 3. The summed E-state index contributed by atoms with van der Waals surface area (Å²) in [6.07, 6.45) is 4.71. The first-order chi connectivity index (χ1) is 9.38. The molecule has 0 atom stereocenters. The Morgan fingerprint density at radius 1 is 1.16 bits per heavy atom. The molecule has 5 nitrogen and oxygen atoms in total. The van der Waals surface area contributed by atoms with E-state index in [0.29, 0.717) is 0 Å². The molecule has 1 aromatic rings. The molecule has 2 heterocycles. The van der Waals surface area contributed by atoms with Crippen LogP contribution in [-0.2, 0) is 17.6 Å². The Kier molecular flexibility index (Phi) is 3.82. The van der Waals surface area contributed by atoms with Crippen LogP contribution in [0, 0.1) is 0 Å². The number of hydrogen-bond acceptors (Lipinski definition) is 5. The van der Waals surface area contributed by atoms with Crippen molar-refractivity contribution in [2.75, 3.05) is 43.1 Å². The molecule has 1 fully saturated rings. The molecule has 3 rings (SSSR count). The third-order valence-corrected chi connectivity index (χ3v) is 3.81. The van der Waals surface area contributed by atoms with Gasteiger partial charge in [0.2, 0.25) is 5.95 Å². The lowest BCUT2D eigenvalue weighted by Gasteiger charge is -2.29. The standard InChI is InChI=1S/C14H22N4O/c1-2-15-13-11-5-3-4-6-12(11)16-14(17-13)18-7-9-19-10-8-18/h2-10H2,1H3,(H,15,16,17). The Hall–Kier alpha value is -1.36. The number of fused-ring (bicyclic) bond motifs is 1. The monoisotopic (exact) mass is 262 g/mol. The normalized spacial score (nSPS) is 19.1. The zero-order valence-corrected chi connectivity index (χ0v) is 11.6. The average Bonchev–Trinajstić information content (AvgIpc) is 2.48. The highest BCUT2D eigenvalue weighted by atomic mass is 16.5. The fourth-order valence-corrected chi connectivity index (χ4v) is 2.80. The van der Waals surface area contributed by atoms with E-state index >= 15 is 0 Å². The number of nitrogens with one attached hydrogen (secondary N) is 1. The molecule has 0 amide bonds. The SMILES string of the molecule is CCNc1nc(N2CCOCC2)nc2c1CCCC2. The highest BCUT2D eigenvalue weighted by Gasteiger charge is 2.21. The summed E-state index contributed by atoms with van der Waals surface area (Å²) in [7, 11) is 0. The maximum atomic E-state index is 5.40. The van der Waals surface area contributed by atoms with Crippen molar-refractivity contribution in [1.29, 1.82) is 0 Å². The smallest absolute Gasteiger partial charge is 0.227 e. The van der Waals surface area contributed by atoms with E-state index in [1.807, 2.05) is 0 Å². The lowest BCUT2D eigenvalue weighted by atomic mass is 9.96. The molecular formula is C14H22N4O. The van der Waals surface area contributed by atoms with Gasteiger partial charge in [-0.25, -0.2) is 4.98 Å². The number of aryl methyl sites for hydroxylation is 1. The summed E-state index contributed by atoms with van der Waals surface area (Å²) >= 11 is 0. The molecule has 0 unspecified atom stereocenters. The van der Waals surface area contributed by atoms with Crippen LogP contribution in [0.1, 0.15) is 31.0 Å². The van der Waals surface area contributed by atoms with Crippen LogP contribution in [-0.4, -0.2) is 42.8 Å². The molecular weight excluding hydrogens is 240 g/mol. The fraction of sp³-hybridized carbons (Fsp3) is 0.714. The van der Waals surface area contributed by atoms with Crippen LogP contribution in [0.3, 0.4) is 0 Å². The van der Waals surface area contributed by atoms with Gasteiger partial charge in [-0.15, -0.1) is 0 Å². The third kappa shape index (κ3) is 2.66. The van der Waals surface area contributed by atoms with E-state index in [2.05, 4.69) is 17.1 Å². The van der Waals surface area contributed by atoms with Crippen molar-refractivity contribution >= 4 is 11.8 Å². The second-order valence-electron chi connectivity index (χ2n) is 5.13. The molecule has 1 saturated heterocycles. The highest BCUT2D eigenvalue weighted by Crippen LogP contribution is 2.27. The zero-order chi connectivity index (χ0) is 13.1. The van der Waals surface area contributed by atoms with Crippen LogP contribution in [0.2, 0.25) is 0 Å². The lowest BCUT2D eigenvalue weighted by Crippen LogP contribution is -2.37. The van der Waals surface area contributed by atoms with Gasteiger partial charge in [-0.2, -0.15) is 4.98 Å². The van der Waals surface area contributed by atoms with Crippen LogP contribution in [0.15, 0.2) is 0 Å². The van der Waals surface area contributed by atoms with Gasteiger partial charge in [0.25, 0.3) is 0 Å². The van der Waals surface area contributed by atoms with E-state index in [9.17, 15) is 0 Å². The molecule has 1 aromatic heterocycles. The Bertz CT molecular complexity index is 443. The molecule has 19 heavy (non-hydrogen) atoms. The van der Waals surface area contributed by atoms with Gasteiger partial charge in [0.1, 0.15) is 5.82 Å². The molecule has 0 spiro atoms. The summed E-state index contributed by atoms with van der Waals surface area (Å²) in [5.41, 5.74) is 2.59. The van der Waals surface area contributed by atoms with E-state index in [4.69, 9.17) is 14.7 Å². The van der Waals surface area contributed by atoms with E-state index < -0.39 is 0 Å². The fourth-order valence-electron chi connectivity index (χ4n) is 2.80. The number of ether oxygens (including phenoxy) is 1. The Morgan fingerprint density at radius 3 is 2.74 bits per heavy atom. The van der Waals surface area contributed by atoms with E-state index in [0.717, 1.165) is 57.5 Å². The maximum Gasteiger partial charge on any atom is 0.227 e. The molecule has 0 saturated carbocycles. The summed E-state index contributed by atoms with van der Waals surface area (Å²) < 4.78 is 5.40. The Morgan fingerprint density at radius 2 is 1.95 bits per heavy atom. The van der Waals surface area contributed by atoms with E-state index in [1.54, 1.807) is 0 Å². The van der Waals surface area contributed by atoms with Gasteiger partial charge < -0.3 is 15.0 Å². The van der Waals surface area contributed by atoms with Crippen molar-refractivity contribution in [3.05, 3.63) is 11.3 Å². The third-order valence-electron chi connectivity index (χ3n) is 3.81. The molecule has 2 aliphatic rings. The number of nitrogens with zero attached hydrogens (tertiary/aromatic N) is 3. The molecule has 5 heteroatoms. The molecule has 1 N–H and O–H groups in total. The first-order valence-corrected chi connectivity index (χ1v) is 7.35. The zero-order valence-electron chi connectivity index (χ0n) is 11.6. The van der Waals surface area contributed by atoms with Crippen LogP contribution < -0.4 is 10.2 Å². The van der Waals surface area contributed by atoms with Gasteiger partial charge in [0.15, 0.2) is 0 Å². The summed E-state index contributed by atoms with van der Waals surface area (Å²) in [5.74, 6) is 1.92. The molecule has 0 bridgehead atoms. The predicted molar refractivity (Wildman–Crippen MR) is 75.9 cm³/mol. The van der Waals surface area contributed by atoms with Crippen molar-refractivity contribution < 1.29 is 4.74 Å². The van der Waals surface area contributed by atoms with Gasteiger partial charge in [-0.05, 0) is 32.6 Å². The predicted octanol–water partition coefficient (Wildman–Crippen LogP) is 1.62. The molecule has 1 aliphatic heterocycles. The number of morpholine rings is 1. The van der Waals surface area contributed by atoms with Crippen molar-refractivity contribution in [1.82, 2.24) is 9.97 Å². The minimum Gasteiger partial charge on any atom is -0.378 e. The first kappa shape index (κ1) is 12.7. The largest absolute Gasteiger partial charge is 0.378 e. The minimum absolute atomic E-state index is 0.775. The van der Waals surface area contributed by atoms with Gasteiger partial charge in [0.05, 0.1) is 18.9 Å². The van der Waals surface area contributed by atoms with Crippen molar-refractivity contribution in [2.24, 2.45) is 0 Å². The van der Waals surface area contributed by atoms with E-state index in [1.165, 1.54) is 24.1 Å². The number of anilines is 2. The Balaban J connectivity index is 1.93. The summed E-state index contributed by atoms with van der Waals surface area (Å²) in [5, 5.41) is 3.41. The van der Waals surface area contributed by atoms with E-state index in [-0.39, 0.29) is 0 Å². The molecule has 0 radical (unpaired) electrons. The number of aromatic nitrogens is 2. The average molecular weight is 262 g/mol. The van der Waals surface area contributed by atoms with Gasteiger partial charge in [-0.3, -0.25) is 0 Å². The summed E-state index contributed by atoms with van der Waals surface area (Å²) in [4.78, 5) is 11.8. The van der Waals surface area contributed by atoms with Crippen LogP contribution >= 0.6 is 0 Å². The second-order valence-corrected chi connectivity index (χ2v) is 5.13. The Labute approximate surface area is 114 Å². The summed E-state index contributed by atoms with van der Waals surface area (Å²) in [6.45, 7) is 6.36. The van der Waals surface area contributed by atoms with Crippen LogP contribution in [0.25, 0.3) is 0 Å². The van der Waals surface area contributed by atoms with Gasteiger partial charge >= 0.3 is 0 Å². The van der Waals surface area contributed by atoms with Gasteiger partial charge in [0, 0.05) is 25.2 Å². The number of hydrogen-bond donors (Lipinski definition) is 1. The minimum atomic E-state index is 0.775. The van der Waals surface area contributed by atoms with Crippen LogP contribution in [0.5, 0.6) is 0 Å². The molecule has 0 aromatic carbocycles. The summed E-state index contributed by atoms with van der Waals surface area (Å²) in [6, 6.07) is 0. The van der Waals surface area contributed by atoms with Crippen molar-refractivity contribution in [3.63, 3.8) is 0 Å². The van der Waals surface area contributed by atoms with Crippen molar-refractivity contribution in [3.8, 4) is 0 Å². The maximum absolute atomic E-state index is 5.40. The topological polar surface area (TPSA) is 50.3 Å². The molecule has 1 aliphatic carbocycles. The highest BCUT2D eigenvalue weighted by molar-refractivity contribution is 5.52. The van der Waals surface area contributed by atoms with Crippen molar-refractivity contribution in [2.45, 2.75) is 32.6 Å². The van der Waals surface area contributed by atoms with Crippen LogP contribution in [0.4, 0.5) is 11.8 Å².